The van der Waals surface area contributed by atoms with E-state index in [9.17, 15) is 13.2 Å². The van der Waals surface area contributed by atoms with Crippen LogP contribution in [0.1, 0.15) is 11.3 Å². The number of nitrogens with zero attached hydrogens (tertiary/aromatic N) is 2. The molecule has 0 atom stereocenters. The van der Waals surface area contributed by atoms with E-state index in [1.165, 1.54) is 19.2 Å². The number of halogens is 1. The number of rotatable bonds is 11. The minimum atomic E-state index is -3.89. The highest BCUT2D eigenvalue weighted by Gasteiger charge is 2.28. The zero-order valence-electron chi connectivity index (χ0n) is 17.7. The van der Waals surface area contributed by atoms with E-state index >= 15 is 0 Å². The van der Waals surface area contributed by atoms with Crippen molar-refractivity contribution in [1.82, 2.24) is 9.21 Å². The first-order valence-corrected chi connectivity index (χ1v) is 12.2. The van der Waals surface area contributed by atoms with Gasteiger partial charge in [-0.15, -0.1) is 0 Å². The van der Waals surface area contributed by atoms with Gasteiger partial charge in [-0.05, 0) is 42.0 Å². The van der Waals surface area contributed by atoms with Gasteiger partial charge >= 0.3 is 0 Å². The summed E-state index contributed by atoms with van der Waals surface area (Å²) in [7, 11) is -2.40. The predicted molar refractivity (Wildman–Crippen MR) is 124 cm³/mol. The molecule has 0 spiro atoms. The third kappa shape index (κ3) is 6.52. The summed E-state index contributed by atoms with van der Waals surface area (Å²) >= 11 is 3.31. The number of carbonyl (C=O) groups is 1. The number of hydrogen-bond donors (Lipinski definition) is 0. The molecule has 3 rings (SSSR count). The Balaban J connectivity index is 1.84. The van der Waals surface area contributed by atoms with E-state index in [0.29, 0.717) is 12.3 Å². The van der Waals surface area contributed by atoms with Gasteiger partial charge in [0.05, 0.1) is 30.9 Å². The fraction of sp³-hybridized carbons (Fsp3) is 0.261. The standard InChI is InChI=1S/C23H25BrN2O5S/c1-30-15-13-26(32(28,29)22-11-9-20(24)10-12-22)18-23(27)25(17-21-8-5-14-31-21)16-19-6-3-2-4-7-19/h2-12,14H,13,15-18H2,1H3. The summed E-state index contributed by atoms with van der Waals surface area (Å²) in [5, 5.41) is 0. The summed E-state index contributed by atoms with van der Waals surface area (Å²) in [4.78, 5) is 15.0. The van der Waals surface area contributed by atoms with Crippen molar-refractivity contribution in [2.45, 2.75) is 18.0 Å². The third-order valence-electron chi connectivity index (χ3n) is 4.80. The van der Waals surface area contributed by atoms with E-state index in [-0.39, 0.29) is 37.0 Å². The lowest BCUT2D eigenvalue weighted by atomic mass is 10.2. The highest BCUT2D eigenvalue weighted by atomic mass is 79.9. The topological polar surface area (TPSA) is 80.1 Å². The number of sulfonamides is 1. The molecule has 170 valence electrons. The number of benzene rings is 2. The minimum Gasteiger partial charge on any atom is -0.467 e. The van der Waals surface area contributed by atoms with E-state index in [2.05, 4.69) is 15.9 Å². The van der Waals surface area contributed by atoms with Gasteiger partial charge in [-0.25, -0.2) is 8.42 Å². The number of methoxy groups -OCH3 is 1. The zero-order chi connectivity index (χ0) is 23.0. The summed E-state index contributed by atoms with van der Waals surface area (Å²) in [6.45, 7) is 0.476. The molecule has 0 aliphatic rings. The van der Waals surface area contributed by atoms with E-state index < -0.39 is 10.0 Å². The Morgan fingerprint density at radius 3 is 2.34 bits per heavy atom. The maximum absolute atomic E-state index is 13.3. The molecule has 0 aliphatic carbocycles. The largest absolute Gasteiger partial charge is 0.467 e. The summed E-state index contributed by atoms with van der Waals surface area (Å²) in [5.41, 5.74) is 0.937. The molecule has 0 bridgehead atoms. The highest BCUT2D eigenvalue weighted by molar-refractivity contribution is 9.10. The van der Waals surface area contributed by atoms with Crippen molar-refractivity contribution >= 4 is 31.9 Å². The van der Waals surface area contributed by atoms with Crippen molar-refractivity contribution in [2.24, 2.45) is 0 Å². The summed E-state index contributed by atoms with van der Waals surface area (Å²) < 4.78 is 38.9. The summed E-state index contributed by atoms with van der Waals surface area (Å²) in [5.74, 6) is 0.288. The van der Waals surface area contributed by atoms with Crippen LogP contribution in [-0.2, 0) is 32.6 Å². The molecule has 1 heterocycles. The zero-order valence-corrected chi connectivity index (χ0v) is 20.1. The lowest BCUT2D eigenvalue weighted by Crippen LogP contribution is -2.43. The van der Waals surface area contributed by atoms with Gasteiger partial charge in [0.1, 0.15) is 5.76 Å². The van der Waals surface area contributed by atoms with Crippen LogP contribution in [0.25, 0.3) is 0 Å². The molecule has 0 saturated carbocycles. The number of hydrogen-bond acceptors (Lipinski definition) is 5. The van der Waals surface area contributed by atoms with Crippen LogP contribution in [0.15, 0.2) is 86.8 Å². The Hall–Kier alpha value is -2.46. The van der Waals surface area contributed by atoms with Crippen LogP contribution < -0.4 is 0 Å². The van der Waals surface area contributed by atoms with Crippen LogP contribution in [0.3, 0.4) is 0 Å². The molecule has 0 fully saturated rings. The van der Waals surface area contributed by atoms with Crippen molar-refractivity contribution in [1.29, 1.82) is 0 Å². The minimum absolute atomic E-state index is 0.0561. The van der Waals surface area contributed by atoms with Gasteiger partial charge in [0.25, 0.3) is 0 Å². The van der Waals surface area contributed by atoms with Crippen molar-refractivity contribution in [3.8, 4) is 0 Å². The second-order valence-corrected chi connectivity index (χ2v) is 9.95. The van der Waals surface area contributed by atoms with E-state index in [0.717, 1.165) is 14.3 Å². The van der Waals surface area contributed by atoms with Gasteiger partial charge in [0, 0.05) is 24.7 Å². The normalized spacial score (nSPS) is 11.6. The quantitative estimate of drug-likeness (QED) is 0.383. The Morgan fingerprint density at radius 2 is 1.72 bits per heavy atom. The SMILES string of the molecule is COCCN(CC(=O)N(Cc1ccccc1)Cc1ccco1)S(=O)(=O)c1ccc(Br)cc1. The molecule has 0 N–H and O–H groups in total. The first-order chi connectivity index (χ1) is 15.4. The highest BCUT2D eigenvalue weighted by Crippen LogP contribution is 2.20. The van der Waals surface area contributed by atoms with E-state index in [4.69, 9.17) is 9.15 Å². The van der Waals surface area contributed by atoms with Gasteiger partial charge in [-0.3, -0.25) is 4.79 Å². The Labute approximate surface area is 196 Å². The molecule has 3 aromatic rings. The number of amides is 1. The average molecular weight is 521 g/mol. The monoisotopic (exact) mass is 520 g/mol. The summed E-state index contributed by atoms with van der Waals surface area (Å²) in [6, 6.07) is 19.4. The van der Waals surface area contributed by atoms with Gasteiger partial charge in [-0.1, -0.05) is 46.3 Å². The molecule has 32 heavy (non-hydrogen) atoms. The summed E-state index contributed by atoms with van der Waals surface area (Å²) in [6.07, 6.45) is 1.55. The molecular formula is C23H25BrN2O5S. The number of ether oxygens (including phenoxy) is 1. The maximum atomic E-state index is 13.3. The Kier molecular flexibility index (Phi) is 8.63. The van der Waals surface area contributed by atoms with Crippen molar-refractivity contribution in [3.05, 3.63) is 88.8 Å². The Bertz CT molecular complexity index is 1090. The van der Waals surface area contributed by atoms with Crippen LogP contribution in [0.2, 0.25) is 0 Å². The molecule has 1 aromatic heterocycles. The Morgan fingerprint density at radius 1 is 1.00 bits per heavy atom. The molecule has 0 aliphatic heterocycles. The molecule has 0 radical (unpaired) electrons. The third-order valence-corrected chi connectivity index (χ3v) is 7.19. The lowest BCUT2D eigenvalue weighted by molar-refractivity contribution is -0.133. The number of carbonyl (C=O) groups excluding carboxylic acids is 1. The van der Waals surface area contributed by atoms with Crippen LogP contribution in [0.5, 0.6) is 0 Å². The molecule has 0 saturated heterocycles. The fourth-order valence-electron chi connectivity index (χ4n) is 3.11. The van der Waals surface area contributed by atoms with Crippen molar-refractivity contribution in [3.63, 3.8) is 0 Å². The van der Waals surface area contributed by atoms with E-state index in [1.54, 1.807) is 35.4 Å². The maximum Gasteiger partial charge on any atom is 0.243 e. The second-order valence-electron chi connectivity index (χ2n) is 7.10. The molecule has 9 heteroatoms. The number of furan rings is 1. The smallest absolute Gasteiger partial charge is 0.243 e. The fourth-order valence-corrected chi connectivity index (χ4v) is 4.75. The molecule has 0 unspecified atom stereocenters. The lowest BCUT2D eigenvalue weighted by Gasteiger charge is -2.27. The molecular weight excluding hydrogens is 496 g/mol. The van der Waals surface area contributed by atoms with E-state index in [1.807, 2.05) is 30.3 Å². The van der Waals surface area contributed by atoms with Crippen LogP contribution in [-0.4, -0.2) is 50.3 Å². The molecule has 7 nitrogen and oxygen atoms in total. The van der Waals surface area contributed by atoms with Crippen LogP contribution in [0.4, 0.5) is 0 Å². The van der Waals surface area contributed by atoms with Gasteiger partial charge in [-0.2, -0.15) is 4.31 Å². The molecule has 1 amide bonds. The second kappa shape index (κ2) is 11.4. The first kappa shape index (κ1) is 24.2. The average Bonchev–Trinajstić information content (AvgIpc) is 3.30. The van der Waals surface area contributed by atoms with Gasteiger partial charge < -0.3 is 14.1 Å². The van der Waals surface area contributed by atoms with Crippen molar-refractivity contribution in [2.75, 3.05) is 26.8 Å². The predicted octanol–water partition coefficient (Wildman–Crippen LogP) is 3.91. The van der Waals surface area contributed by atoms with Crippen LogP contribution in [0, 0.1) is 0 Å². The first-order valence-electron chi connectivity index (χ1n) is 9.99. The van der Waals surface area contributed by atoms with Gasteiger partial charge in [0.15, 0.2) is 0 Å². The molecule has 2 aromatic carbocycles. The van der Waals surface area contributed by atoms with Gasteiger partial charge in [0.2, 0.25) is 15.9 Å². The van der Waals surface area contributed by atoms with Crippen molar-refractivity contribution < 1.29 is 22.4 Å². The van der Waals surface area contributed by atoms with Crippen LogP contribution >= 0.6 is 15.9 Å².